The first kappa shape index (κ1) is 17.0. The lowest BCUT2D eigenvalue weighted by molar-refractivity contribution is 0.203. The van der Waals surface area contributed by atoms with Crippen LogP contribution in [0.4, 0.5) is 0 Å². The van der Waals surface area contributed by atoms with E-state index in [9.17, 15) is 0 Å². The maximum atomic E-state index is 8.28. The predicted molar refractivity (Wildman–Crippen MR) is 100 cm³/mol. The zero-order valence-corrected chi connectivity index (χ0v) is 15.9. The summed E-state index contributed by atoms with van der Waals surface area (Å²) in [7, 11) is 1.91. The van der Waals surface area contributed by atoms with E-state index in [1.807, 2.05) is 31.9 Å². The van der Waals surface area contributed by atoms with Gasteiger partial charge in [0.05, 0.1) is 10.2 Å². The molecule has 0 saturated carbocycles. The second-order valence-electron chi connectivity index (χ2n) is 6.19. The van der Waals surface area contributed by atoms with E-state index in [1.54, 1.807) is 0 Å². The Morgan fingerprint density at radius 3 is 2.54 bits per heavy atom. The van der Waals surface area contributed by atoms with Crippen molar-refractivity contribution in [3.05, 3.63) is 57.2 Å². The lowest BCUT2D eigenvalue weighted by Gasteiger charge is -2.20. The van der Waals surface area contributed by atoms with Crippen LogP contribution in [0.2, 0.25) is 0 Å². The van der Waals surface area contributed by atoms with Crippen LogP contribution in [-0.4, -0.2) is 35.4 Å². The van der Waals surface area contributed by atoms with Crippen molar-refractivity contribution in [1.82, 2.24) is 9.88 Å². The normalized spacial score (nSPS) is 13.7. The van der Waals surface area contributed by atoms with Crippen molar-refractivity contribution in [2.75, 3.05) is 13.6 Å². The van der Waals surface area contributed by atoms with Gasteiger partial charge in [0.2, 0.25) is 5.88 Å². The molecule has 1 N–H and O–H groups in total. The first-order valence-corrected chi connectivity index (χ1v) is 8.99. The largest absolute Gasteiger partial charge is 0.473 e. The van der Waals surface area contributed by atoms with E-state index in [1.165, 1.54) is 11.1 Å². The molecule has 0 fully saturated rings. The number of hydrogen-bond acceptors (Lipinski definition) is 3. The van der Waals surface area contributed by atoms with Crippen LogP contribution < -0.4 is 4.74 Å². The molecule has 0 aliphatic heterocycles. The number of hydrogen-bond donors (Lipinski definition) is 1. The number of benzene rings is 1. The number of ether oxygens (including phenoxy) is 1. The van der Waals surface area contributed by atoms with Gasteiger partial charge in [-0.05, 0) is 47.0 Å². The number of halogens is 1. The average Bonchev–Trinajstić information content (AvgIpc) is 2.98. The van der Waals surface area contributed by atoms with Gasteiger partial charge in [0, 0.05) is 32.0 Å². The van der Waals surface area contributed by atoms with Crippen LogP contribution in [0.5, 0.6) is 5.88 Å². The minimum atomic E-state index is 0.120. The SMILES string of the molecule is CCN(C)C(=N)c1cc(Br)c(OC2Cc3ccccc3C2)nc1C. The molecule has 0 unspecified atom stereocenters. The van der Waals surface area contributed by atoms with Gasteiger partial charge in [-0.2, -0.15) is 0 Å². The van der Waals surface area contributed by atoms with E-state index in [0.29, 0.717) is 11.7 Å². The number of rotatable bonds is 4. The molecule has 0 bridgehead atoms. The third-order valence-corrected chi connectivity index (χ3v) is 5.11. The van der Waals surface area contributed by atoms with Crippen LogP contribution in [0.3, 0.4) is 0 Å². The fraction of sp³-hybridized carbons (Fsp3) is 0.368. The van der Waals surface area contributed by atoms with E-state index in [0.717, 1.165) is 35.1 Å². The quantitative estimate of drug-likeness (QED) is 0.637. The molecule has 1 aliphatic rings. The Labute approximate surface area is 151 Å². The smallest absolute Gasteiger partial charge is 0.228 e. The van der Waals surface area contributed by atoms with Crippen LogP contribution in [0.15, 0.2) is 34.8 Å². The van der Waals surface area contributed by atoms with Gasteiger partial charge in [-0.1, -0.05) is 24.3 Å². The zero-order valence-electron chi connectivity index (χ0n) is 14.3. The van der Waals surface area contributed by atoms with E-state index in [4.69, 9.17) is 10.1 Å². The molecule has 2 aromatic rings. The van der Waals surface area contributed by atoms with Crippen LogP contribution in [0.25, 0.3) is 0 Å². The van der Waals surface area contributed by atoms with Gasteiger partial charge in [0.25, 0.3) is 0 Å². The van der Waals surface area contributed by atoms with Crippen molar-refractivity contribution >= 4 is 21.8 Å². The Kier molecular flexibility index (Phi) is 4.90. The summed E-state index contributed by atoms with van der Waals surface area (Å²) in [5, 5.41) is 8.28. The molecule has 3 rings (SSSR count). The van der Waals surface area contributed by atoms with Crippen molar-refractivity contribution < 1.29 is 4.74 Å². The Hall–Kier alpha value is -1.88. The monoisotopic (exact) mass is 387 g/mol. The third-order valence-electron chi connectivity index (χ3n) is 4.54. The number of pyridine rings is 1. The molecule has 0 spiro atoms. The van der Waals surface area contributed by atoms with Crippen molar-refractivity contribution in [2.45, 2.75) is 32.8 Å². The van der Waals surface area contributed by atoms with Crippen molar-refractivity contribution in [3.63, 3.8) is 0 Å². The number of amidine groups is 1. The first-order chi connectivity index (χ1) is 11.5. The molecule has 24 heavy (non-hydrogen) atoms. The molecule has 1 aliphatic carbocycles. The Bertz CT molecular complexity index is 750. The van der Waals surface area contributed by atoms with Gasteiger partial charge >= 0.3 is 0 Å². The molecule has 1 aromatic carbocycles. The van der Waals surface area contributed by atoms with Gasteiger partial charge in [-0.25, -0.2) is 4.98 Å². The summed E-state index contributed by atoms with van der Waals surface area (Å²) in [4.78, 5) is 6.49. The molecular weight excluding hydrogens is 366 g/mol. The van der Waals surface area contributed by atoms with Crippen LogP contribution in [0.1, 0.15) is 29.3 Å². The number of aromatic nitrogens is 1. The molecule has 0 saturated heterocycles. The Morgan fingerprint density at radius 2 is 1.96 bits per heavy atom. The average molecular weight is 388 g/mol. The Morgan fingerprint density at radius 1 is 1.33 bits per heavy atom. The third kappa shape index (κ3) is 3.31. The van der Waals surface area contributed by atoms with Crippen LogP contribution in [-0.2, 0) is 12.8 Å². The highest BCUT2D eigenvalue weighted by Crippen LogP contribution is 2.30. The van der Waals surface area contributed by atoms with Crippen molar-refractivity contribution in [2.24, 2.45) is 0 Å². The summed E-state index contributed by atoms with van der Waals surface area (Å²) in [6.07, 6.45) is 1.95. The number of nitrogens with zero attached hydrogens (tertiary/aromatic N) is 2. The summed E-state index contributed by atoms with van der Waals surface area (Å²) in [5.41, 5.74) is 4.36. The standard InChI is InChI=1S/C19H22BrN3O/c1-4-23(3)18(21)16-11-17(20)19(22-12(16)2)24-15-9-13-7-5-6-8-14(13)10-15/h5-8,11,15,21H,4,9-10H2,1-3H3. The lowest BCUT2D eigenvalue weighted by Crippen LogP contribution is -2.27. The van der Waals surface area contributed by atoms with E-state index in [2.05, 4.69) is 45.2 Å². The summed E-state index contributed by atoms with van der Waals surface area (Å²) >= 11 is 3.56. The van der Waals surface area contributed by atoms with Gasteiger partial charge in [-0.15, -0.1) is 0 Å². The highest BCUT2D eigenvalue weighted by Gasteiger charge is 2.24. The maximum Gasteiger partial charge on any atom is 0.228 e. The predicted octanol–water partition coefficient (Wildman–Crippen LogP) is 3.98. The van der Waals surface area contributed by atoms with E-state index >= 15 is 0 Å². The van der Waals surface area contributed by atoms with Gasteiger partial charge < -0.3 is 9.64 Å². The summed E-state index contributed by atoms with van der Waals surface area (Å²) in [6.45, 7) is 4.74. The minimum Gasteiger partial charge on any atom is -0.473 e. The topological polar surface area (TPSA) is 49.2 Å². The molecule has 0 amide bonds. The lowest BCUT2D eigenvalue weighted by atomic mass is 10.1. The van der Waals surface area contributed by atoms with Gasteiger partial charge in [0.1, 0.15) is 11.9 Å². The molecule has 1 aromatic heterocycles. The molecule has 126 valence electrons. The number of nitrogens with one attached hydrogen (secondary N) is 1. The molecule has 4 nitrogen and oxygen atoms in total. The minimum absolute atomic E-state index is 0.120. The van der Waals surface area contributed by atoms with Crippen LogP contribution >= 0.6 is 15.9 Å². The summed E-state index contributed by atoms with van der Waals surface area (Å²) in [6, 6.07) is 10.4. The maximum absolute atomic E-state index is 8.28. The van der Waals surface area contributed by atoms with Crippen molar-refractivity contribution in [1.29, 1.82) is 5.41 Å². The molecule has 5 heteroatoms. The van der Waals surface area contributed by atoms with E-state index in [-0.39, 0.29) is 6.10 Å². The van der Waals surface area contributed by atoms with Gasteiger partial charge in [-0.3, -0.25) is 5.41 Å². The zero-order chi connectivity index (χ0) is 17.3. The molecule has 0 radical (unpaired) electrons. The fourth-order valence-corrected chi connectivity index (χ4v) is 3.42. The summed E-state index contributed by atoms with van der Waals surface area (Å²) in [5.74, 6) is 1.09. The van der Waals surface area contributed by atoms with Crippen molar-refractivity contribution in [3.8, 4) is 5.88 Å². The van der Waals surface area contributed by atoms with Crippen LogP contribution in [0, 0.1) is 12.3 Å². The summed E-state index contributed by atoms with van der Waals surface area (Å²) < 4.78 is 6.95. The highest BCUT2D eigenvalue weighted by molar-refractivity contribution is 9.10. The molecular formula is C19H22BrN3O. The fourth-order valence-electron chi connectivity index (χ4n) is 3.00. The van der Waals surface area contributed by atoms with Gasteiger partial charge in [0.15, 0.2) is 0 Å². The molecule has 1 heterocycles. The number of fused-ring (bicyclic) bond motifs is 1. The highest BCUT2D eigenvalue weighted by atomic mass is 79.9. The second kappa shape index (κ2) is 6.93. The van der Waals surface area contributed by atoms with E-state index < -0.39 is 0 Å². The second-order valence-corrected chi connectivity index (χ2v) is 7.04. The Balaban J connectivity index is 1.79. The molecule has 0 atom stereocenters. The number of aryl methyl sites for hydroxylation is 1. The first-order valence-electron chi connectivity index (χ1n) is 8.20.